The fourth-order valence-electron chi connectivity index (χ4n) is 1.87. The van der Waals surface area contributed by atoms with E-state index in [1.165, 1.54) is 0 Å². The quantitative estimate of drug-likeness (QED) is 0.867. The largest absolute Gasteiger partial charge is 0.362 e. The summed E-state index contributed by atoms with van der Waals surface area (Å²) >= 11 is 6.04. The van der Waals surface area contributed by atoms with Crippen molar-refractivity contribution in [3.63, 3.8) is 0 Å². The number of halogens is 1. The Hall–Kier alpha value is -1.26. The molecular formula is C14H22ClN3O. The van der Waals surface area contributed by atoms with Crippen LogP contribution < -0.4 is 10.2 Å². The average molecular weight is 284 g/mol. The van der Waals surface area contributed by atoms with Gasteiger partial charge in [0.25, 0.3) is 0 Å². The number of nitrogens with zero attached hydrogens (tertiary/aromatic N) is 2. The molecule has 19 heavy (non-hydrogen) atoms. The molecule has 0 bridgehead atoms. The number of anilines is 1. The van der Waals surface area contributed by atoms with Crippen molar-refractivity contribution < 1.29 is 4.79 Å². The first-order chi connectivity index (χ1) is 8.99. The lowest BCUT2D eigenvalue weighted by atomic mass is 10.1. The third-order valence-electron chi connectivity index (χ3n) is 2.96. The summed E-state index contributed by atoms with van der Waals surface area (Å²) in [6.45, 7) is 3.92. The Morgan fingerprint density at radius 3 is 2.58 bits per heavy atom. The lowest BCUT2D eigenvalue weighted by Gasteiger charge is -2.26. The summed E-state index contributed by atoms with van der Waals surface area (Å²) in [5.74, 6) is 0.0900. The van der Waals surface area contributed by atoms with E-state index < -0.39 is 0 Å². The van der Waals surface area contributed by atoms with Gasteiger partial charge in [0.1, 0.15) is 0 Å². The van der Waals surface area contributed by atoms with E-state index in [1.807, 2.05) is 32.2 Å². The number of carbonyl (C=O) groups is 1. The van der Waals surface area contributed by atoms with E-state index in [1.54, 1.807) is 19.0 Å². The molecule has 1 aromatic carbocycles. The maximum Gasteiger partial charge on any atom is 0.241 e. The third-order valence-corrected chi connectivity index (χ3v) is 3.19. The van der Waals surface area contributed by atoms with E-state index in [0.29, 0.717) is 11.6 Å². The van der Waals surface area contributed by atoms with Gasteiger partial charge in [-0.25, -0.2) is 0 Å². The van der Waals surface area contributed by atoms with E-state index >= 15 is 0 Å². The highest BCUT2D eigenvalue weighted by molar-refractivity contribution is 6.30. The third kappa shape index (κ3) is 4.40. The molecule has 106 valence electrons. The van der Waals surface area contributed by atoms with Gasteiger partial charge in [0.15, 0.2) is 0 Å². The summed E-state index contributed by atoms with van der Waals surface area (Å²) < 4.78 is 0. The number of benzene rings is 1. The minimum absolute atomic E-state index is 0.0900. The van der Waals surface area contributed by atoms with Gasteiger partial charge in [0.2, 0.25) is 5.91 Å². The molecule has 1 rings (SSSR count). The number of hydrogen-bond acceptors (Lipinski definition) is 3. The van der Waals surface area contributed by atoms with E-state index in [0.717, 1.165) is 24.3 Å². The first-order valence-electron chi connectivity index (χ1n) is 6.37. The van der Waals surface area contributed by atoms with E-state index in [-0.39, 0.29) is 5.91 Å². The predicted molar refractivity (Wildman–Crippen MR) is 80.8 cm³/mol. The molecule has 0 heterocycles. The van der Waals surface area contributed by atoms with Crippen molar-refractivity contribution in [3.8, 4) is 0 Å². The molecule has 5 heteroatoms. The van der Waals surface area contributed by atoms with Crippen LogP contribution in [0.15, 0.2) is 18.2 Å². The van der Waals surface area contributed by atoms with Gasteiger partial charge >= 0.3 is 0 Å². The van der Waals surface area contributed by atoms with Gasteiger partial charge in [-0.3, -0.25) is 4.79 Å². The first kappa shape index (κ1) is 15.8. The molecule has 0 fully saturated rings. The molecule has 0 aliphatic heterocycles. The second-order valence-electron chi connectivity index (χ2n) is 4.61. The molecule has 0 radical (unpaired) electrons. The lowest BCUT2D eigenvalue weighted by molar-refractivity contribution is -0.127. The molecule has 0 aliphatic rings. The highest BCUT2D eigenvalue weighted by atomic mass is 35.5. The van der Waals surface area contributed by atoms with Crippen LogP contribution in [0.25, 0.3) is 0 Å². The van der Waals surface area contributed by atoms with Crippen LogP contribution in [0.5, 0.6) is 0 Å². The molecule has 1 aromatic rings. The zero-order chi connectivity index (χ0) is 14.4. The minimum Gasteiger partial charge on any atom is -0.362 e. The Morgan fingerprint density at radius 1 is 1.37 bits per heavy atom. The van der Waals surface area contributed by atoms with Crippen molar-refractivity contribution in [1.82, 2.24) is 10.2 Å². The van der Waals surface area contributed by atoms with Gasteiger partial charge in [-0.1, -0.05) is 11.6 Å². The van der Waals surface area contributed by atoms with Gasteiger partial charge in [-0.05, 0) is 37.7 Å². The van der Waals surface area contributed by atoms with Crippen LogP contribution in [0.4, 0.5) is 5.69 Å². The molecule has 0 saturated heterocycles. The number of hydrogen-bond donors (Lipinski definition) is 1. The molecule has 0 atom stereocenters. The SMILES string of the molecule is CCN(CC(=O)N(C)C)c1ccc(Cl)cc1CNC. The highest BCUT2D eigenvalue weighted by Gasteiger charge is 2.14. The highest BCUT2D eigenvalue weighted by Crippen LogP contribution is 2.24. The van der Waals surface area contributed by atoms with Crippen LogP contribution in [0.3, 0.4) is 0 Å². The summed E-state index contributed by atoms with van der Waals surface area (Å²) in [6, 6.07) is 5.77. The fraction of sp³-hybridized carbons (Fsp3) is 0.500. The van der Waals surface area contributed by atoms with Gasteiger partial charge in [-0.15, -0.1) is 0 Å². The van der Waals surface area contributed by atoms with E-state index in [9.17, 15) is 4.79 Å². The number of nitrogens with one attached hydrogen (secondary N) is 1. The summed E-state index contributed by atoms with van der Waals surface area (Å²) in [7, 11) is 5.44. The van der Waals surface area contributed by atoms with Crippen LogP contribution in [-0.4, -0.2) is 45.0 Å². The molecule has 1 amide bonds. The fourth-order valence-corrected chi connectivity index (χ4v) is 2.06. The Balaban J connectivity index is 3.00. The van der Waals surface area contributed by atoms with Gasteiger partial charge < -0.3 is 15.1 Å². The molecular weight excluding hydrogens is 262 g/mol. The summed E-state index contributed by atoms with van der Waals surface area (Å²) in [6.07, 6.45) is 0. The Labute approximate surface area is 120 Å². The van der Waals surface area contributed by atoms with Crippen molar-refractivity contribution in [2.75, 3.05) is 39.1 Å². The van der Waals surface area contributed by atoms with Gasteiger partial charge in [0, 0.05) is 37.9 Å². The van der Waals surface area contributed by atoms with Crippen molar-refractivity contribution in [3.05, 3.63) is 28.8 Å². The molecule has 4 nitrogen and oxygen atoms in total. The number of amides is 1. The topological polar surface area (TPSA) is 35.6 Å². The second kappa shape index (κ2) is 7.36. The molecule has 0 aromatic heterocycles. The Bertz CT molecular complexity index is 435. The second-order valence-corrected chi connectivity index (χ2v) is 5.04. The van der Waals surface area contributed by atoms with Crippen molar-refractivity contribution in [2.24, 2.45) is 0 Å². The van der Waals surface area contributed by atoms with Crippen LogP contribution in [0.1, 0.15) is 12.5 Å². The minimum atomic E-state index is 0.0900. The molecule has 0 spiro atoms. The average Bonchev–Trinajstić information content (AvgIpc) is 2.36. The van der Waals surface area contributed by atoms with Gasteiger partial charge in [0.05, 0.1) is 6.54 Å². The molecule has 0 saturated carbocycles. The number of likely N-dealkylation sites (N-methyl/N-ethyl adjacent to an activating group) is 2. The van der Waals surface area contributed by atoms with Gasteiger partial charge in [-0.2, -0.15) is 0 Å². The smallest absolute Gasteiger partial charge is 0.241 e. The van der Waals surface area contributed by atoms with E-state index in [2.05, 4.69) is 10.2 Å². The standard InChI is InChI=1S/C14H22ClN3O/c1-5-18(10-14(19)17(3)4)13-7-6-12(15)8-11(13)9-16-2/h6-8,16H,5,9-10H2,1-4H3. The zero-order valence-electron chi connectivity index (χ0n) is 12.0. The van der Waals surface area contributed by atoms with Crippen molar-refractivity contribution in [1.29, 1.82) is 0 Å². The first-order valence-corrected chi connectivity index (χ1v) is 6.75. The number of rotatable bonds is 6. The molecule has 0 aliphatic carbocycles. The van der Waals surface area contributed by atoms with E-state index in [4.69, 9.17) is 11.6 Å². The lowest BCUT2D eigenvalue weighted by Crippen LogP contribution is -2.37. The maximum absolute atomic E-state index is 11.9. The summed E-state index contributed by atoms with van der Waals surface area (Å²) in [5, 5.41) is 3.84. The summed E-state index contributed by atoms with van der Waals surface area (Å²) in [4.78, 5) is 15.5. The monoisotopic (exact) mass is 283 g/mol. The predicted octanol–water partition coefficient (Wildman–Crippen LogP) is 1.97. The van der Waals surface area contributed by atoms with Crippen LogP contribution in [0, 0.1) is 0 Å². The Morgan fingerprint density at radius 2 is 2.05 bits per heavy atom. The Kier molecular flexibility index (Phi) is 6.12. The maximum atomic E-state index is 11.9. The summed E-state index contributed by atoms with van der Waals surface area (Å²) in [5.41, 5.74) is 2.15. The number of carbonyl (C=O) groups excluding carboxylic acids is 1. The van der Waals surface area contributed by atoms with Crippen molar-refractivity contribution in [2.45, 2.75) is 13.5 Å². The van der Waals surface area contributed by atoms with Crippen LogP contribution >= 0.6 is 11.6 Å². The van der Waals surface area contributed by atoms with Crippen LogP contribution in [-0.2, 0) is 11.3 Å². The normalized spacial score (nSPS) is 10.4. The van der Waals surface area contributed by atoms with Crippen molar-refractivity contribution >= 4 is 23.2 Å². The molecule has 1 N–H and O–H groups in total. The molecule has 0 unspecified atom stereocenters. The zero-order valence-corrected chi connectivity index (χ0v) is 12.8. The van der Waals surface area contributed by atoms with Crippen LogP contribution in [0.2, 0.25) is 5.02 Å².